The van der Waals surface area contributed by atoms with E-state index in [0.717, 1.165) is 16.1 Å². The first kappa shape index (κ1) is 18.9. The Morgan fingerprint density at radius 3 is 2.44 bits per heavy atom. The quantitative estimate of drug-likeness (QED) is 0.634. The fraction of sp³-hybridized carbons (Fsp3) is 0.238. The van der Waals surface area contributed by atoms with Crippen LogP contribution in [0.2, 0.25) is 0 Å². The zero-order valence-corrected chi connectivity index (χ0v) is 16.7. The Hall–Kier alpha value is -2.86. The van der Waals surface area contributed by atoms with Gasteiger partial charge in [-0.2, -0.15) is 0 Å². The molecule has 6 heteroatoms. The van der Waals surface area contributed by atoms with E-state index in [2.05, 4.69) is 4.98 Å². The molecule has 1 aromatic heterocycles. The molecule has 0 aliphatic rings. The summed E-state index contributed by atoms with van der Waals surface area (Å²) < 4.78 is 10.6. The van der Waals surface area contributed by atoms with Crippen LogP contribution in [0.3, 0.4) is 0 Å². The number of benzene rings is 2. The number of aryl methyl sites for hydroxylation is 1. The van der Waals surface area contributed by atoms with Gasteiger partial charge in [-0.3, -0.25) is 4.79 Å². The van der Waals surface area contributed by atoms with E-state index >= 15 is 0 Å². The van der Waals surface area contributed by atoms with Crippen LogP contribution >= 0.6 is 11.3 Å². The number of amides is 1. The number of aromatic nitrogens is 1. The number of carbonyl (C=O) groups is 1. The fourth-order valence-electron chi connectivity index (χ4n) is 2.71. The lowest BCUT2D eigenvalue weighted by molar-refractivity contribution is 0.0780. The molecule has 1 heterocycles. The number of rotatable bonds is 6. The highest BCUT2D eigenvalue weighted by Gasteiger charge is 2.17. The molecule has 0 saturated heterocycles. The van der Waals surface area contributed by atoms with Crippen molar-refractivity contribution in [2.24, 2.45) is 0 Å². The van der Waals surface area contributed by atoms with Crippen molar-refractivity contribution in [3.8, 4) is 22.1 Å². The molecule has 0 saturated carbocycles. The molecule has 0 bridgehead atoms. The second kappa shape index (κ2) is 8.22. The third kappa shape index (κ3) is 4.28. The number of carbonyl (C=O) groups excluding carboxylic acids is 1. The largest absolute Gasteiger partial charge is 0.493 e. The smallest absolute Gasteiger partial charge is 0.273 e. The van der Waals surface area contributed by atoms with E-state index in [0.29, 0.717) is 23.7 Å². The molecule has 2 aromatic carbocycles. The number of ether oxygens (including phenoxy) is 2. The molecule has 0 radical (unpaired) electrons. The Morgan fingerprint density at radius 1 is 1.07 bits per heavy atom. The lowest BCUT2D eigenvalue weighted by Gasteiger charge is -2.16. The lowest BCUT2D eigenvalue weighted by atomic mass is 10.1. The van der Waals surface area contributed by atoms with Crippen molar-refractivity contribution in [2.45, 2.75) is 13.5 Å². The predicted octanol–water partition coefficient (Wildman–Crippen LogP) is 4.41. The summed E-state index contributed by atoms with van der Waals surface area (Å²) in [7, 11) is 4.98. The van der Waals surface area contributed by atoms with Crippen LogP contribution in [0.25, 0.3) is 10.6 Å². The van der Waals surface area contributed by atoms with E-state index in [9.17, 15) is 4.79 Å². The van der Waals surface area contributed by atoms with Crippen LogP contribution in [0, 0.1) is 6.92 Å². The first-order valence-electron chi connectivity index (χ1n) is 8.50. The molecule has 3 rings (SSSR count). The first-order valence-corrected chi connectivity index (χ1v) is 9.38. The van der Waals surface area contributed by atoms with E-state index in [1.54, 1.807) is 31.5 Å². The average molecular weight is 382 g/mol. The molecule has 0 aliphatic heterocycles. The normalized spacial score (nSPS) is 10.5. The SMILES string of the molecule is COc1ccc(-c2nc(C(=O)N(C)Cc3ccc(C)cc3)cs2)cc1OC. The van der Waals surface area contributed by atoms with Gasteiger partial charge in [-0.05, 0) is 30.7 Å². The maximum atomic E-state index is 12.7. The van der Waals surface area contributed by atoms with Gasteiger partial charge in [0.2, 0.25) is 0 Å². The molecule has 0 fully saturated rings. The summed E-state index contributed by atoms with van der Waals surface area (Å²) in [6.45, 7) is 2.59. The maximum Gasteiger partial charge on any atom is 0.273 e. The molecule has 5 nitrogen and oxygen atoms in total. The Bertz CT molecular complexity index is 935. The van der Waals surface area contributed by atoms with Crippen LogP contribution in [-0.2, 0) is 6.54 Å². The van der Waals surface area contributed by atoms with Crippen LogP contribution in [0.1, 0.15) is 21.6 Å². The second-order valence-electron chi connectivity index (χ2n) is 6.25. The van der Waals surface area contributed by atoms with E-state index in [1.165, 1.54) is 16.9 Å². The summed E-state index contributed by atoms with van der Waals surface area (Å²) in [5, 5.41) is 2.56. The van der Waals surface area contributed by atoms with E-state index < -0.39 is 0 Å². The summed E-state index contributed by atoms with van der Waals surface area (Å²) in [4.78, 5) is 18.9. The molecule has 0 N–H and O–H groups in total. The fourth-order valence-corrected chi connectivity index (χ4v) is 3.50. The second-order valence-corrected chi connectivity index (χ2v) is 7.11. The number of thiazole rings is 1. The van der Waals surface area contributed by atoms with E-state index in [1.807, 2.05) is 49.4 Å². The zero-order chi connectivity index (χ0) is 19.4. The number of hydrogen-bond acceptors (Lipinski definition) is 5. The monoisotopic (exact) mass is 382 g/mol. The van der Waals surface area contributed by atoms with Crippen LogP contribution in [0.15, 0.2) is 47.8 Å². The summed E-state index contributed by atoms with van der Waals surface area (Å²) in [5.41, 5.74) is 3.62. The van der Waals surface area contributed by atoms with Crippen molar-refractivity contribution in [1.29, 1.82) is 0 Å². The van der Waals surface area contributed by atoms with Crippen molar-refractivity contribution in [3.63, 3.8) is 0 Å². The Morgan fingerprint density at radius 2 is 1.78 bits per heavy atom. The first-order chi connectivity index (χ1) is 13.0. The molecule has 3 aromatic rings. The van der Waals surface area contributed by atoms with Crippen LogP contribution < -0.4 is 9.47 Å². The van der Waals surface area contributed by atoms with Gasteiger partial charge in [0.15, 0.2) is 11.5 Å². The highest BCUT2D eigenvalue weighted by Crippen LogP contribution is 2.33. The molecule has 140 valence electrons. The van der Waals surface area contributed by atoms with Crippen LogP contribution in [-0.4, -0.2) is 37.1 Å². The average Bonchev–Trinajstić information content (AvgIpc) is 3.18. The minimum atomic E-state index is -0.0986. The summed E-state index contributed by atoms with van der Waals surface area (Å²) >= 11 is 1.43. The van der Waals surface area contributed by atoms with Gasteiger partial charge in [0, 0.05) is 24.5 Å². The van der Waals surface area contributed by atoms with Gasteiger partial charge in [-0.25, -0.2) is 4.98 Å². The highest BCUT2D eigenvalue weighted by atomic mass is 32.1. The maximum absolute atomic E-state index is 12.7. The van der Waals surface area contributed by atoms with Gasteiger partial charge in [0.05, 0.1) is 14.2 Å². The molecular formula is C21H22N2O3S. The van der Waals surface area contributed by atoms with Gasteiger partial charge in [0.1, 0.15) is 10.7 Å². The molecule has 0 spiro atoms. The molecule has 0 unspecified atom stereocenters. The minimum Gasteiger partial charge on any atom is -0.493 e. The van der Waals surface area contributed by atoms with Crippen LogP contribution in [0.5, 0.6) is 11.5 Å². The van der Waals surface area contributed by atoms with Crippen LogP contribution in [0.4, 0.5) is 0 Å². The molecule has 27 heavy (non-hydrogen) atoms. The number of nitrogens with zero attached hydrogens (tertiary/aromatic N) is 2. The van der Waals surface area contributed by atoms with Crippen molar-refractivity contribution in [3.05, 3.63) is 64.7 Å². The third-order valence-corrected chi connectivity index (χ3v) is 5.13. The van der Waals surface area contributed by atoms with Gasteiger partial charge in [0.25, 0.3) is 5.91 Å². The standard InChI is InChI=1S/C21H22N2O3S/c1-14-5-7-15(8-6-14)12-23(2)21(24)17-13-27-20(22-17)16-9-10-18(25-3)19(11-16)26-4/h5-11,13H,12H2,1-4H3. The topological polar surface area (TPSA) is 51.7 Å². The Labute approximate surface area is 163 Å². The zero-order valence-electron chi connectivity index (χ0n) is 15.9. The van der Waals surface area contributed by atoms with Crippen molar-refractivity contribution < 1.29 is 14.3 Å². The van der Waals surface area contributed by atoms with Crippen molar-refractivity contribution in [1.82, 2.24) is 9.88 Å². The van der Waals surface area contributed by atoms with Gasteiger partial charge < -0.3 is 14.4 Å². The van der Waals surface area contributed by atoms with E-state index in [4.69, 9.17) is 9.47 Å². The molecule has 1 amide bonds. The van der Waals surface area contributed by atoms with Gasteiger partial charge >= 0.3 is 0 Å². The highest BCUT2D eigenvalue weighted by molar-refractivity contribution is 7.13. The van der Waals surface area contributed by atoms with Crippen molar-refractivity contribution >= 4 is 17.2 Å². The van der Waals surface area contributed by atoms with Gasteiger partial charge in [-0.15, -0.1) is 11.3 Å². The van der Waals surface area contributed by atoms with Crippen molar-refractivity contribution in [2.75, 3.05) is 21.3 Å². The summed E-state index contributed by atoms with van der Waals surface area (Å²) in [5.74, 6) is 1.19. The Balaban J connectivity index is 1.76. The number of methoxy groups -OCH3 is 2. The predicted molar refractivity (Wildman–Crippen MR) is 108 cm³/mol. The Kier molecular flexibility index (Phi) is 5.76. The number of hydrogen-bond donors (Lipinski definition) is 0. The summed E-state index contributed by atoms with van der Waals surface area (Å²) in [6.07, 6.45) is 0. The molecule has 0 atom stereocenters. The van der Waals surface area contributed by atoms with Gasteiger partial charge in [-0.1, -0.05) is 29.8 Å². The lowest BCUT2D eigenvalue weighted by Crippen LogP contribution is -2.26. The third-order valence-electron chi connectivity index (χ3n) is 4.24. The minimum absolute atomic E-state index is 0.0986. The summed E-state index contributed by atoms with van der Waals surface area (Å²) in [6, 6.07) is 13.8. The van der Waals surface area contributed by atoms with E-state index in [-0.39, 0.29) is 5.91 Å². The molecule has 0 aliphatic carbocycles. The molecular weight excluding hydrogens is 360 g/mol.